The van der Waals surface area contributed by atoms with Crippen molar-refractivity contribution in [3.63, 3.8) is 0 Å². The molecule has 0 fully saturated rings. The first-order chi connectivity index (χ1) is 16.2. The molecule has 0 N–H and O–H groups in total. The van der Waals surface area contributed by atoms with Gasteiger partial charge in [-0.2, -0.15) is 0 Å². The molecule has 3 heterocycles. The first kappa shape index (κ1) is 21.7. The highest BCUT2D eigenvalue weighted by Crippen LogP contribution is 2.27. The predicted octanol–water partition coefficient (Wildman–Crippen LogP) is 4.89. The number of nitrogens with zero attached hydrogens (tertiary/aromatic N) is 4. The van der Waals surface area contributed by atoms with Crippen LogP contribution in [0.25, 0.3) is 5.69 Å². The van der Waals surface area contributed by atoms with Crippen LogP contribution in [-0.2, 0) is 24.4 Å². The van der Waals surface area contributed by atoms with Gasteiger partial charge in [0.15, 0.2) is 11.0 Å². The SMILES string of the molecule is Cc1ccccc1OCc1nnc(SCC(=O)N2CCc3sccc3C2)n1-c1ccccc1. The molecule has 0 saturated carbocycles. The Labute approximate surface area is 201 Å². The highest BCUT2D eigenvalue weighted by Gasteiger charge is 2.23. The zero-order chi connectivity index (χ0) is 22.6. The predicted molar refractivity (Wildman–Crippen MR) is 131 cm³/mol. The fourth-order valence-corrected chi connectivity index (χ4v) is 5.63. The normalized spacial score (nSPS) is 13.1. The van der Waals surface area contributed by atoms with Gasteiger partial charge in [-0.3, -0.25) is 9.36 Å². The Balaban J connectivity index is 1.32. The highest BCUT2D eigenvalue weighted by atomic mass is 32.2. The van der Waals surface area contributed by atoms with E-state index in [2.05, 4.69) is 21.6 Å². The van der Waals surface area contributed by atoms with Crippen LogP contribution in [0.1, 0.15) is 21.8 Å². The molecule has 8 heteroatoms. The summed E-state index contributed by atoms with van der Waals surface area (Å²) in [6.45, 7) is 3.77. The fourth-order valence-electron chi connectivity index (χ4n) is 3.86. The average Bonchev–Trinajstić information content (AvgIpc) is 3.49. The van der Waals surface area contributed by atoms with Gasteiger partial charge >= 0.3 is 0 Å². The van der Waals surface area contributed by atoms with Crippen LogP contribution in [0, 0.1) is 6.92 Å². The van der Waals surface area contributed by atoms with E-state index in [1.54, 1.807) is 11.3 Å². The van der Waals surface area contributed by atoms with Crippen LogP contribution >= 0.6 is 23.1 Å². The van der Waals surface area contributed by atoms with Gasteiger partial charge in [0.2, 0.25) is 5.91 Å². The fraction of sp³-hybridized carbons (Fsp3) is 0.240. The molecular weight excluding hydrogens is 452 g/mol. The average molecular weight is 477 g/mol. The van der Waals surface area contributed by atoms with E-state index in [9.17, 15) is 4.79 Å². The maximum Gasteiger partial charge on any atom is 0.233 e. The number of aromatic nitrogens is 3. The Morgan fingerprint density at radius 3 is 2.76 bits per heavy atom. The number of para-hydroxylation sites is 2. The topological polar surface area (TPSA) is 60.3 Å². The molecule has 168 valence electrons. The van der Waals surface area contributed by atoms with E-state index in [4.69, 9.17) is 4.74 Å². The lowest BCUT2D eigenvalue weighted by atomic mass is 10.1. The van der Waals surface area contributed by atoms with Gasteiger partial charge in [-0.15, -0.1) is 21.5 Å². The van der Waals surface area contributed by atoms with Crippen LogP contribution in [-0.4, -0.2) is 37.9 Å². The summed E-state index contributed by atoms with van der Waals surface area (Å²) in [7, 11) is 0. The Kier molecular flexibility index (Phi) is 6.46. The number of thiophene rings is 1. The van der Waals surface area contributed by atoms with E-state index < -0.39 is 0 Å². The third kappa shape index (κ3) is 4.82. The summed E-state index contributed by atoms with van der Waals surface area (Å²) in [5.41, 5.74) is 3.29. The number of carbonyl (C=O) groups excluding carboxylic acids is 1. The van der Waals surface area contributed by atoms with Gasteiger partial charge in [0.05, 0.1) is 5.75 Å². The molecule has 2 aromatic heterocycles. The minimum atomic E-state index is 0.122. The van der Waals surface area contributed by atoms with Crippen molar-refractivity contribution in [2.75, 3.05) is 12.3 Å². The molecule has 4 aromatic rings. The number of benzene rings is 2. The van der Waals surface area contributed by atoms with Crippen molar-refractivity contribution < 1.29 is 9.53 Å². The Morgan fingerprint density at radius 1 is 1.09 bits per heavy atom. The minimum Gasteiger partial charge on any atom is -0.485 e. The number of hydrogen-bond acceptors (Lipinski definition) is 6. The number of rotatable bonds is 7. The molecular formula is C25H24N4O2S2. The Bertz CT molecular complexity index is 1250. The molecule has 1 aliphatic rings. The van der Waals surface area contributed by atoms with E-state index in [-0.39, 0.29) is 12.5 Å². The van der Waals surface area contributed by atoms with E-state index in [0.717, 1.165) is 30.0 Å². The molecule has 0 atom stereocenters. The van der Waals surface area contributed by atoms with Crippen LogP contribution in [0.5, 0.6) is 5.75 Å². The van der Waals surface area contributed by atoms with Crippen molar-refractivity contribution in [1.29, 1.82) is 0 Å². The number of aryl methyl sites for hydroxylation is 1. The first-order valence-electron chi connectivity index (χ1n) is 10.8. The summed E-state index contributed by atoms with van der Waals surface area (Å²) >= 11 is 3.20. The van der Waals surface area contributed by atoms with E-state index in [1.165, 1.54) is 22.2 Å². The van der Waals surface area contributed by atoms with Crippen molar-refractivity contribution in [3.8, 4) is 11.4 Å². The van der Waals surface area contributed by atoms with Crippen LogP contribution in [0.2, 0.25) is 0 Å². The number of thioether (sulfide) groups is 1. The lowest BCUT2D eigenvalue weighted by molar-refractivity contribution is -0.129. The molecule has 6 nitrogen and oxygen atoms in total. The number of ether oxygens (including phenoxy) is 1. The maximum absolute atomic E-state index is 12.9. The van der Waals surface area contributed by atoms with Gasteiger partial charge in [0, 0.05) is 23.7 Å². The Morgan fingerprint density at radius 2 is 1.91 bits per heavy atom. The monoisotopic (exact) mass is 476 g/mol. The first-order valence-corrected chi connectivity index (χ1v) is 12.7. The summed E-state index contributed by atoms with van der Waals surface area (Å²) in [6.07, 6.45) is 0.935. The van der Waals surface area contributed by atoms with Crippen molar-refractivity contribution in [2.24, 2.45) is 0 Å². The van der Waals surface area contributed by atoms with Gasteiger partial charge in [-0.05, 0) is 54.1 Å². The molecule has 0 radical (unpaired) electrons. The second-order valence-electron chi connectivity index (χ2n) is 7.85. The van der Waals surface area contributed by atoms with E-state index in [0.29, 0.717) is 23.3 Å². The molecule has 0 bridgehead atoms. The molecule has 33 heavy (non-hydrogen) atoms. The van der Waals surface area contributed by atoms with E-state index >= 15 is 0 Å². The minimum absolute atomic E-state index is 0.122. The molecule has 0 spiro atoms. The summed E-state index contributed by atoms with van der Waals surface area (Å²) in [5, 5.41) is 11.6. The summed E-state index contributed by atoms with van der Waals surface area (Å²) in [6, 6.07) is 20.0. The molecule has 0 unspecified atom stereocenters. The highest BCUT2D eigenvalue weighted by molar-refractivity contribution is 7.99. The van der Waals surface area contributed by atoms with Gasteiger partial charge in [-0.25, -0.2) is 0 Å². The maximum atomic E-state index is 12.9. The third-order valence-electron chi connectivity index (χ3n) is 5.65. The van der Waals surface area contributed by atoms with Crippen molar-refractivity contribution >= 4 is 29.0 Å². The van der Waals surface area contributed by atoms with Gasteiger partial charge in [-0.1, -0.05) is 48.2 Å². The van der Waals surface area contributed by atoms with Crippen LogP contribution in [0.3, 0.4) is 0 Å². The molecule has 5 rings (SSSR count). The Hall–Kier alpha value is -3.10. The van der Waals surface area contributed by atoms with Crippen LogP contribution in [0.4, 0.5) is 0 Å². The molecule has 0 aliphatic carbocycles. The lowest BCUT2D eigenvalue weighted by Gasteiger charge is -2.26. The number of amides is 1. The number of hydrogen-bond donors (Lipinski definition) is 0. The quantitative estimate of drug-likeness (QED) is 0.355. The summed E-state index contributed by atoms with van der Waals surface area (Å²) in [5.74, 6) is 1.96. The molecule has 0 saturated heterocycles. The summed E-state index contributed by atoms with van der Waals surface area (Å²) < 4.78 is 8.01. The largest absolute Gasteiger partial charge is 0.485 e. The second kappa shape index (κ2) is 9.80. The van der Waals surface area contributed by atoms with Crippen molar-refractivity contribution in [3.05, 3.63) is 87.9 Å². The van der Waals surface area contributed by atoms with Crippen molar-refractivity contribution in [2.45, 2.75) is 31.7 Å². The van der Waals surface area contributed by atoms with Gasteiger partial charge < -0.3 is 9.64 Å². The van der Waals surface area contributed by atoms with Gasteiger partial charge in [0.25, 0.3) is 0 Å². The molecule has 1 aliphatic heterocycles. The lowest BCUT2D eigenvalue weighted by Crippen LogP contribution is -2.36. The van der Waals surface area contributed by atoms with E-state index in [1.807, 2.05) is 71.0 Å². The standard InChI is InChI=1S/C25H24N4O2S2/c1-18-7-5-6-10-21(18)31-16-23-26-27-25(29(23)20-8-3-2-4-9-20)33-17-24(30)28-13-11-22-19(15-28)12-14-32-22/h2-10,12,14H,11,13,15-17H2,1H3. The summed E-state index contributed by atoms with van der Waals surface area (Å²) in [4.78, 5) is 16.3. The molecule has 2 aromatic carbocycles. The van der Waals surface area contributed by atoms with Crippen LogP contribution < -0.4 is 4.74 Å². The van der Waals surface area contributed by atoms with Crippen molar-refractivity contribution in [1.82, 2.24) is 19.7 Å². The zero-order valence-electron chi connectivity index (χ0n) is 18.3. The number of fused-ring (bicyclic) bond motifs is 1. The number of carbonyl (C=O) groups is 1. The second-order valence-corrected chi connectivity index (χ2v) is 9.79. The van der Waals surface area contributed by atoms with Gasteiger partial charge in [0.1, 0.15) is 12.4 Å². The third-order valence-corrected chi connectivity index (χ3v) is 7.59. The molecule has 1 amide bonds. The zero-order valence-corrected chi connectivity index (χ0v) is 19.9. The smallest absolute Gasteiger partial charge is 0.233 e. The van der Waals surface area contributed by atoms with Crippen LogP contribution in [0.15, 0.2) is 71.2 Å².